The molecule has 0 bridgehead atoms. The molecule has 2 atom stereocenters. The van der Waals surface area contributed by atoms with Gasteiger partial charge in [0, 0.05) is 12.1 Å². The van der Waals surface area contributed by atoms with E-state index in [4.69, 9.17) is 5.73 Å². The fourth-order valence-electron chi connectivity index (χ4n) is 1.91. The molecule has 3 N–H and O–H groups in total. The van der Waals surface area contributed by atoms with Crippen LogP contribution in [0.2, 0.25) is 0 Å². The number of rotatable bonds is 2. The van der Waals surface area contributed by atoms with Gasteiger partial charge in [0.2, 0.25) is 5.13 Å². The van der Waals surface area contributed by atoms with Gasteiger partial charge in [-0.3, -0.25) is 0 Å². The van der Waals surface area contributed by atoms with Crippen LogP contribution in [-0.2, 0) is 0 Å². The van der Waals surface area contributed by atoms with E-state index < -0.39 is 0 Å². The summed E-state index contributed by atoms with van der Waals surface area (Å²) >= 11 is 1.54. The Bertz CT molecular complexity index is 262. The van der Waals surface area contributed by atoms with Crippen LogP contribution in [0.25, 0.3) is 0 Å². The second-order valence-corrected chi connectivity index (χ2v) is 4.63. The molecule has 5 heteroatoms. The van der Waals surface area contributed by atoms with Crippen LogP contribution >= 0.6 is 11.3 Å². The monoisotopic (exact) mass is 212 g/mol. The summed E-state index contributed by atoms with van der Waals surface area (Å²) in [5.74, 6) is 0. The fourth-order valence-corrected chi connectivity index (χ4v) is 2.42. The van der Waals surface area contributed by atoms with Crippen LogP contribution in [0.3, 0.4) is 0 Å². The van der Waals surface area contributed by atoms with Gasteiger partial charge in [0.1, 0.15) is 5.51 Å². The van der Waals surface area contributed by atoms with Gasteiger partial charge in [-0.05, 0) is 12.8 Å². The van der Waals surface area contributed by atoms with Gasteiger partial charge in [0.05, 0.1) is 0 Å². The number of nitrogens with one attached hydrogen (secondary N) is 1. The molecule has 0 amide bonds. The van der Waals surface area contributed by atoms with Gasteiger partial charge >= 0.3 is 0 Å². The average molecular weight is 212 g/mol. The topological polar surface area (TPSA) is 63.8 Å². The van der Waals surface area contributed by atoms with Gasteiger partial charge in [0.25, 0.3) is 0 Å². The summed E-state index contributed by atoms with van der Waals surface area (Å²) in [6.45, 7) is 0. The summed E-state index contributed by atoms with van der Waals surface area (Å²) in [6.07, 6.45) is 6.11. The van der Waals surface area contributed by atoms with Gasteiger partial charge in [-0.25, -0.2) is 0 Å². The molecular weight excluding hydrogens is 196 g/mol. The second-order valence-electron chi connectivity index (χ2n) is 3.80. The van der Waals surface area contributed by atoms with Gasteiger partial charge < -0.3 is 11.1 Å². The molecule has 0 saturated heterocycles. The van der Waals surface area contributed by atoms with Crippen molar-refractivity contribution in [1.82, 2.24) is 10.2 Å². The number of hydrogen-bond donors (Lipinski definition) is 2. The Labute approximate surface area is 87.9 Å². The highest BCUT2D eigenvalue weighted by Crippen LogP contribution is 2.20. The van der Waals surface area contributed by atoms with Crippen LogP contribution in [-0.4, -0.2) is 22.3 Å². The molecule has 1 aliphatic rings. The van der Waals surface area contributed by atoms with E-state index in [1.165, 1.54) is 30.6 Å². The number of nitrogens with two attached hydrogens (primary N) is 1. The predicted molar refractivity (Wildman–Crippen MR) is 58.4 cm³/mol. The van der Waals surface area contributed by atoms with Gasteiger partial charge in [-0.15, -0.1) is 10.2 Å². The van der Waals surface area contributed by atoms with E-state index in [0.29, 0.717) is 6.04 Å². The molecule has 1 saturated carbocycles. The lowest BCUT2D eigenvalue weighted by molar-refractivity contribution is 0.527. The van der Waals surface area contributed by atoms with Crippen LogP contribution in [0.4, 0.5) is 5.13 Å². The summed E-state index contributed by atoms with van der Waals surface area (Å²) in [7, 11) is 0. The minimum atomic E-state index is 0.265. The molecule has 2 unspecified atom stereocenters. The molecule has 1 aliphatic carbocycles. The Morgan fingerprint density at radius 1 is 1.36 bits per heavy atom. The van der Waals surface area contributed by atoms with Crippen molar-refractivity contribution in [3.8, 4) is 0 Å². The van der Waals surface area contributed by atoms with E-state index in [1.807, 2.05) is 0 Å². The van der Waals surface area contributed by atoms with Gasteiger partial charge in [0.15, 0.2) is 0 Å². The van der Waals surface area contributed by atoms with Crippen molar-refractivity contribution < 1.29 is 0 Å². The molecule has 14 heavy (non-hydrogen) atoms. The Morgan fingerprint density at radius 2 is 2.21 bits per heavy atom. The van der Waals surface area contributed by atoms with Crippen LogP contribution in [0.1, 0.15) is 32.1 Å². The van der Waals surface area contributed by atoms with Crippen molar-refractivity contribution in [3.05, 3.63) is 5.51 Å². The van der Waals surface area contributed by atoms with Crippen LogP contribution < -0.4 is 11.1 Å². The van der Waals surface area contributed by atoms with E-state index in [0.717, 1.165) is 18.0 Å². The first-order valence-corrected chi connectivity index (χ1v) is 6.02. The Morgan fingerprint density at radius 3 is 3.00 bits per heavy atom. The average Bonchev–Trinajstić information content (AvgIpc) is 2.60. The zero-order chi connectivity index (χ0) is 9.80. The number of aromatic nitrogens is 2. The minimum absolute atomic E-state index is 0.265. The summed E-state index contributed by atoms with van der Waals surface area (Å²) in [4.78, 5) is 0. The largest absolute Gasteiger partial charge is 0.356 e. The summed E-state index contributed by atoms with van der Waals surface area (Å²) in [5, 5.41) is 12.0. The molecule has 0 aliphatic heterocycles. The van der Waals surface area contributed by atoms with E-state index >= 15 is 0 Å². The maximum absolute atomic E-state index is 6.09. The van der Waals surface area contributed by atoms with Crippen molar-refractivity contribution >= 4 is 16.5 Å². The first-order chi connectivity index (χ1) is 6.86. The minimum Gasteiger partial charge on any atom is -0.356 e. The molecule has 0 aromatic carbocycles. The Kier molecular flexibility index (Phi) is 3.31. The highest BCUT2D eigenvalue weighted by molar-refractivity contribution is 7.13. The quantitative estimate of drug-likeness (QED) is 0.731. The van der Waals surface area contributed by atoms with Crippen molar-refractivity contribution in [3.63, 3.8) is 0 Å². The first kappa shape index (κ1) is 9.86. The van der Waals surface area contributed by atoms with Crippen molar-refractivity contribution in [2.45, 2.75) is 44.2 Å². The highest BCUT2D eigenvalue weighted by Gasteiger charge is 2.20. The first-order valence-electron chi connectivity index (χ1n) is 5.14. The summed E-state index contributed by atoms with van der Waals surface area (Å²) in [5.41, 5.74) is 7.83. The standard InChI is InChI=1S/C9H16N4S/c10-7-4-2-1-3-5-8(7)12-9-13-11-6-14-9/h6-8H,1-5,10H2,(H,12,13). The lowest BCUT2D eigenvalue weighted by Gasteiger charge is -2.21. The molecule has 1 aromatic heterocycles. The molecule has 0 radical (unpaired) electrons. The van der Waals surface area contributed by atoms with Crippen molar-refractivity contribution in [2.24, 2.45) is 5.73 Å². The van der Waals surface area contributed by atoms with E-state index in [2.05, 4.69) is 15.5 Å². The highest BCUT2D eigenvalue weighted by atomic mass is 32.1. The van der Waals surface area contributed by atoms with Crippen LogP contribution in [0.15, 0.2) is 5.51 Å². The zero-order valence-electron chi connectivity index (χ0n) is 8.15. The third kappa shape index (κ3) is 2.42. The van der Waals surface area contributed by atoms with Crippen molar-refractivity contribution in [1.29, 1.82) is 0 Å². The Balaban J connectivity index is 1.94. The van der Waals surface area contributed by atoms with Gasteiger partial charge in [-0.2, -0.15) is 0 Å². The van der Waals surface area contributed by atoms with Crippen LogP contribution in [0.5, 0.6) is 0 Å². The molecule has 1 aromatic rings. The molecule has 1 heterocycles. The molecule has 0 spiro atoms. The van der Waals surface area contributed by atoms with E-state index in [1.54, 1.807) is 5.51 Å². The van der Waals surface area contributed by atoms with Crippen molar-refractivity contribution in [2.75, 3.05) is 5.32 Å². The van der Waals surface area contributed by atoms with E-state index in [-0.39, 0.29) is 6.04 Å². The lowest BCUT2D eigenvalue weighted by atomic mass is 10.0. The van der Waals surface area contributed by atoms with Gasteiger partial charge in [-0.1, -0.05) is 30.6 Å². The molecule has 4 nitrogen and oxygen atoms in total. The maximum atomic E-state index is 6.09. The molecule has 2 rings (SSSR count). The number of hydrogen-bond acceptors (Lipinski definition) is 5. The molecule has 78 valence electrons. The fraction of sp³-hybridized carbons (Fsp3) is 0.778. The third-order valence-electron chi connectivity index (χ3n) is 2.74. The normalized spacial score (nSPS) is 28.4. The summed E-state index contributed by atoms with van der Waals surface area (Å²) < 4.78 is 0. The smallest absolute Gasteiger partial charge is 0.205 e. The molecular formula is C9H16N4S. The number of nitrogens with zero attached hydrogens (tertiary/aromatic N) is 2. The Hall–Kier alpha value is -0.680. The molecule has 1 fully saturated rings. The van der Waals surface area contributed by atoms with E-state index in [9.17, 15) is 0 Å². The predicted octanol–water partition coefficient (Wildman–Crippen LogP) is 1.61. The number of anilines is 1. The maximum Gasteiger partial charge on any atom is 0.205 e. The second kappa shape index (κ2) is 4.70. The SMILES string of the molecule is NC1CCCCCC1Nc1nncs1. The third-order valence-corrected chi connectivity index (χ3v) is 3.36. The summed E-state index contributed by atoms with van der Waals surface area (Å²) in [6, 6.07) is 0.645. The van der Waals surface area contributed by atoms with Crippen LogP contribution in [0, 0.1) is 0 Å². The lowest BCUT2D eigenvalue weighted by Crippen LogP contribution is -2.39. The zero-order valence-corrected chi connectivity index (χ0v) is 8.96.